The number of benzene rings is 1. The number of hydrogen-bond acceptors (Lipinski definition) is 4. The molecule has 0 aliphatic rings. The molecule has 0 aliphatic heterocycles. The number of aromatic nitrogens is 1. The molecule has 1 N–H and O–H groups in total. The molecule has 7 heteroatoms. The summed E-state index contributed by atoms with van der Waals surface area (Å²) >= 11 is 0. The molecule has 6 nitrogen and oxygen atoms in total. The van der Waals surface area contributed by atoms with Crippen molar-refractivity contribution in [2.24, 2.45) is 0 Å². The molecule has 2 aromatic rings. The van der Waals surface area contributed by atoms with Gasteiger partial charge in [-0.05, 0) is 29.8 Å². The van der Waals surface area contributed by atoms with E-state index in [0.717, 1.165) is 4.31 Å². The zero-order valence-corrected chi connectivity index (χ0v) is 12.1. The van der Waals surface area contributed by atoms with Crippen LogP contribution in [0.15, 0.2) is 53.7 Å². The third kappa shape index (κ3) is 3.38. The van der Waals surface area contributed by atoms with Gasteiger partial charge in [0.2, 0.25) is 0 Å². The summed E-state index contributed by atoms with van der Waals surface area (Å²) in [6.07, 6.45) is 2.87. The van der Waals surface area contributed by atoms with E-state index in [-0.39, 0.29) is 11.3 Å². The second-order valence-electron chi connectivity index (χ2n) is 4.40. The summed E-state index contributed by atoms with van der Waals surface area (Å²) in [6.45, 7) is 0. The van der Waals surface area contributed by atoms with Crippen LogP contribution in [0, 0.1) is 0 Å². The van der Waals surface area contributed by atoms with Gasteiger partial charge in [-0.2, -0.15) is 0 Å². The van der Waals surface area contributed by atoms with Gasteiger partial charge < -0.3 is 5.11 Å². The Morgan fingerprint density at radius 2 is 1.90 bits per heavy atom. The molecule has 0 saturated carbocycles. The van der Waals surface area contributed by atoms with Gasteiger partial charge in [0.1, 0.15) is 0 Å². The number of carboxylic acids is 1. The first-order valence-corrected chi connectivity index (χ1v) is 7.55. The summed E-state index contributed by atoms with van der Waals surface area (Å²) < 4.78 is 26.0. The molecule has 0 fully saturated rings. The predicted molar refractivity (Wildman–Crippen MR) is 77.6 cm³/mol. The molecule has 0 saturated heterocycles. The highest BCUT2D eigenvalue weighted by atomic mass is 32.2. The molecule has 0 bridgehead atoms. The van der Waals surface area contributed by atoms with Gasteiger partial charge in [-0.3, -0.25) is 14.1 Å². The molecule has 21 heavy (non-hydrogen) atoms. The van der Waals surface area contributed by atoms with E-state index in [1.54, 1.807) is 18.3 Å². The van der Waals surface area contributed by atoms with Crippen molar-refractivity contribution >= 4 is 21.7 Å². The van der Waals surface area contributed by atoms with Crippen molar-refractivity contribution in [2.75, 3.05) is 11.4 Å². The van der Waals surface area contributed by atoms with E-state index in [1.165, 1.54) is 37.5 Å². The minimum Gasteiger partial charge on any atom is -0.481 e. The largest absolute Gasteiger partial charge is 0.481 e. The van der Waals surface area contributed by atoms with Gasteiger partial charge in [-0.25, -0.2) is 8.42 Å². The minimum atomic E-state index is -3.69. The summed E-state index contributed by atoms with van der Waals surface area (Å²) in [4.78, 5) is 14.6. The molecular weight excluding hydrogens is 292 g/mol. The molecule has 1 aromatic carbocycles. The van der Waals surface area contributed by atoms with E-state index < -0.39 is 16.0 Å². The number of rotatable bonds is 5. The highest BCUT2D eigenvalue weighted by Gasteiger charge is 2.21. The Morgan fingerprint density at radius 1 is 1.24 bits per heavy atom. The van der Waals surface area contributed by atoms with Crippen molar-refractivity contribution in [3.63, 3.8) is 0 Å². The van der Waals surface area contributed by atoms with Crippen LogP contribution in [0.25, 0.3) is 0 Å². The SMILES string of the molecule is CN(c1cccnc1)S(=O)(=O)c1ccc(CC(=O)O)cc1. The van der Waals surface area contributed by atoms with Gasteiger partial charge in [0.25, 0.3) is 10.0 Å². The number of anilines is 1. The van der Waals surface area contributed by atoms with Crippen molar-refractivity contribution in [1.29, 1.82) is 0 Å². The Hall–Kier alpha value is -2.41. The molecule has 0 atom stereocenters. The zero-order valence-electron chi connectivity index (χ0n) is 11.3. The molecule has 0 spiro atoms. The first-order valence-electron chi connectivity index (χ1n) is 6.11. The number of pyridine rings is 1. The summed E-state index contributed by atoms with van der Waals surface area (Å²) in [7, 11) is -2.25. The molecule has 0 unspecified atom stereocenters. The lowest BCUT2D eigenvalue weighted by atomic mass is 10.2. The highest BCUT2D eigenvalue weighted by Crippen LogP contribution is 2.21. The minimum absolute atomic E-state index is 0.1000. The van der Waals surface area contributed by atoms with Crippen molar-refractivity contribution in [1.82, 2.24) is 4.98 Å². The Balaban J connectivity index is 2.29. The van der Waals surface area contributed by atoms with Crippen LogP contribution in [0.5, 0.6) is 0 Å². The number of carbonyl (C=O) groups is 1. The van der Waals surface area contributed by atoms with Gasteiger partial charge in [-0.1, -0.05) is 12.1 Å². The number of sulfonamides is 1. The monoisotopic (exact) mass is 306 g/mol. The molecule has 1 aromatic heterocycles. The second-order valence-corrected chi connectivity index (χ2v) is 6.37. The Labute approximate surface area is 122 Å². The van der Waals surface area contributed by atoms with E-state index in [2.05, 4.69) is 4.98 Å². The number of aliphatic carboxylic acids is 1. The van der Waals surface area contributed by atoms with Gasteiger partial charge in [-0.15, -0.1) is 0 Å². The van der Waals surface area contributed by atoms with Crippen LogP contribution < -0.4 is 4.31 Å². The van der Waals surface area contributed by atoms with E-state index >= 15 is 0 Å². The molecule has 0 radical (unpaired) electrons. The van der Waals surface area contributed by atoms with Crippen molar-refractivity contribution in [3.8, 4) is 0 Å². The zero-order chi connectivity index (χ0) is 15.5. The van der Waals surface area contributed by atoms with Crippen molar-refractivity contribution < 1.29 is 18.3 Å². The van der Waals surface area contributed by atoms with Gasteiger partial charge in [0.05, 0.1) is 23.2 Å². The van der Waals surface area contributed by atoms with E-state index in [1.807, 2.05) is 0 Å². The summed E-state index contributed by atoms with van der Waals surface area (Å²) in [5, 5.41) is 8.70. The fourth-order valence-corrected chi connectivity index (χ4v) is 2.97. The van der Waals surface area contributed by atoms with Crippen LogP contribution in [0.3, 0.4) is 0 Å². The van der Waals surface area contributed by atoms with Crippen LogP contribution in [0.1, 0.15) is 5.56 Å². The molecule has 2 rings (SSSR count). The van der Waals surface area contributed by atoms with Crippen LogP contribution in [0.2, 0.25) is 0 Å². The van der Waals surface area contributed by atoms with E-state index in [0.29, 0.717) is 11.3 Å². The average molecular weight is 306 g/mol. The standard InChI is InChI=1S/C14H14N2O4S/c1-16(12-3-2-8-15-10-12)21(19,20)13-6-4-11(5-7-13)9-14(17)18/h2-8,10H,9H2,1H3,(H,17,18). The fraction of sp³-hybridized carbons (Fsp3) is 0.143. The second kappa shape index (κ2) is 5.92. The van der Waals surface area contributed by atoms with Crippen molar-refractivity contribution in [2.45, 2.75) is 11.3 Å². The highest BCUT2D eigenvalue weighted by molar-refractivity contribution is 7.92. The third-order valence-electron chi connectivity index (χ3n) is 2.95. The smallest absolute Gasteiger partial charge is 0.307 e. The number of nitrogens with zero attached hydrogens (tertiary/aromatic N) is 2. The van der Waals surface area contributed by atoms with Gasteiger partial charge in [0, 0.05) is 13.2 Å². The maximum atomic E-state index is 12.4. The molecule has 110 valence electrons. The lowest BCUT2D eigenvalue weighted by molar-refractivity contribution is -0.136. The van der Waals surface area contributed by atoms with Crippen LogP contribution in [-0.4, -0.2) is 31.5 Å². The fourth-order valence-electron chi connectivity index (χ4n) is 1.79. The molecule has 0 aliphatic carbocycles. The average Bonchev–Trinajstić information content (AvgIpc) is 2.47. The number of carboxylic acid groups (broad SMARTS) is 1. The Kier molecular flexibility index (Phi) is 4.23. The first kappa shape index (κ1) is 15.0. The Morgan fingerprint density at radius 3 is 2.43 bits per heavy atom. The maximum Gasteiger partial charge on any atom is 0.307 e. The maximum absolute atomic E-state index is 12.4. The molecule has 0 amide bonds. The van der Waals surface area contributed by atoms with Crippen LogP contribution in [-0.2, 0) is 21.2 Å². The van der Waals surface area contributed by atoms with Gasteiger partial charge in [0.15, 0.2) is 0 Å². The first-order chi connectivity index (χ1) is 9.91. The van der Waals surface area contributed by atoms with E-state index in [9.17, 15) is 13.2 Å². The summed E-state index contributed by atoms with van der Waals surface area (Å²) in [5.74, 6) is -0.960. The van der Waals surface area contributed by atoms with Crippen LogP contribution in [0.4, 0.5) is 5.69 Å². The number of hydrogen-bond donors (Lipinski definition) is 1. The normalized spacial score (nSPS) is 11.1. The quantitative estimate of drug-likeness (QED) is 0.905. The lowest BCUT2D eigenvalue weighted by Crippen LogP contribution is -2.26. The lowest BCUT2D eigenvalue weighted by Gasteiger charge is -2.19. The summed E-state index contributed by atoms with van der Waals surface area (Å²) in [6, 6.07) is 9.10. The predicted octanol–water partition coefficient (Wildman–Crippen LogP) is 1.53. The molecule has 1 heterocycles. The van der Waals surface area contributed by atoms with E-state index in [4.69, 9.17) is 5.11 Å². The van der Waals surface area contributed by atoms with Crippen molar-refractivity contribution in [3.05, 3.63) is 54.4 Å². The Bertz CT molecular complexity index is 727. The topological polar surface area (TPSA) is 87.6 Å². The summed E-state index contributed by atoms with van der Waals surface area (Å²) in [5.41, 5.74) is 0.998. The van der Waals surface area contributed by atoms with Gasteiger partial charge >= 0.3 is 5.97 Å². The molecular formula is C14H14N2O4S. The van der Waals surface area contributed by atoms with Crippen LogP contribution >= 0.6 is 0 Å². The third-order valence-corrected chi connectivity index (χ3v) is 4.75.